The van der Waals surface area contributed by atoms with Crippen molar-refractivity contribution in [1.82, 2.24) is 15.5 Å². The normalized spacial score (nSPS) is 15.4. The van der Waals surface area contributed by atoms with Gasteiger partial charge in [0.25, 0.3) is 0 Å². The number of piperidine rings is 1. The lowest BCUT2D eigenvalue weighted by Crippen LogP contribution is -2.45. The van der Waals surface area contributed by atoms with Gasteiger partial charge >= 0.3 is 0 Å². The second-order valence-corrected chi connectivity index (χ2v) is 6.87. The second kappa shape index (κ2) is 7.25. The summed E-state index contributed by atoms with van der Waals surface area (Å²) in [4.78, 5) is 14.4. The zero-order valence-electron chi connectivity index (χ0n) is 15.0. The standard InChI is InChI=1S/C19H25FN4O/c1-12-4-5-17(20)18(10-12)24-8-6-15(7-9-24)21-19(25)11-16-13(2)22-23-14(16)3/h4-5,10,15H,6-9,11H2,1-3H3,(H,21,25)(H,22,23). The Morgan fingerprint density at radius 3 is 2.68 bits per heavy atom. The van der Waals surface area contributed by atoms with E-state index in [4.69, 9.17) is 0 Å². The summed E-state index contributed by atoms with van der Waals surface area (Å²) in [6, 6.07) is 5.34. The van der Waals surface area contributed by atoms with E-state index in [0.29, 0.717) is 12.1 Å². The first-order chi connectivity index (χ1) is 11.9. The molecule has 0 bridgehead atoms. The van der Waals surface area contributed by atoms with Crippen LogP contribution in [0.4, 0.5) is 10.1 Å². The van der Waals surface area contributed by atoms with Crippen LogP contribution < -0.4 is 10.2 Å². The molecule has 1 aliphatic heterocycles. The minimum Gasteiger partial charge on any atom is -0.369 e. The molecule has 0 saturated carbocycles. The predicted octanol–water partition coefficient (Wildman–Crippen LogP) is 2.80. The SMILES string of the molecule is Cc1ccc(F)c(N2CCC(NC(=O)Cc3c(C)n[nH]c3C)CC2)c1. The van der Waals surface area contributed by atoms with Crippen LogP contribution in [0.3, 0.4) is 0 Å². The Morgan fingerprint density at radius 1 is 1.32 bits per heavy atom. The number of hydrogen-bond donors (Lipinski definition) is 2. The fourth-order valence-corrected chi connectivity index (χ4v) is 3.40. The van der Waals surface area contributed by atoms with Gasteiger partial charge in [0.2, 0.25) is 5.91 Å². The van der Waals surface area contributed by atoms with Crippen molar-refractivity contribution < 1.29 is 9.18 Å². The quantitative estimate of drug-likeness (QED) is 0.897. The average Bonchev–Trinajstić information content (AvgIpc) is 2.90. The maximum atomic E-state index is 14.0. The summed E-state index contributed by atoms with van der Waals surface area (Å²) in [6.07, 6.45) is 1.99. The van der Waals surface area contributed by atoms with Crippen LogP contribution in [-0.2, 0) is 11.2 Å². The monoisotopic (exact) mass is 344 g/mol. The third-order valence-corrected chi connectivity index (χ3v) is 4.92. The van der Waals surface area contributed by atoms with Crippen LogP contribution >= 0.6 is 0 Å². The number of aromatic nitrogens is 2. The van der Waals surface area contributed by atoms with E-state index in [2.05, 4.69) is 20.4 Å². The number of anilines is 1. The Hall–Kier alpha value is -2.37. The minimum atomic E-state index is -0.181. The Kier molecular flexibility index (Phi) is 5.06. The molecule has 1 fully saturated rings. The Labute approximate surface area is 147 Å². The zero-order chi connectivity index (χ0) is 18.0. The van der Waals surface area contributed by atoms with E-state index in [1.165, 1.54) is 6.07 Å². The molecule has 1 aliphatic rings. The highest BCUT2D eigenvalue weighted by Crippen LogP contribution is 2.24. The highest BCUT2D eigenvalue weighted by atomic mass is 19.1. The molecule has 0 unspecified atom stereocenters. The van der Waals surface area contributed by atoms with Crippen molar-refractivity contribution in [3.8, 4) is 0 Å². The first kappa shape index (κ1) is 17.5. The molecule has 1 saturated heterocycles. The number of H-pyrrole nitrogens is 1. The van der Waals surface area contributed by atoms with Gasteiger partial charge in [0.05, 0.1) is 17.8 Å². The number of nitrogens with one attached hydrogen (secondary N) is 2. The summed E-state index contributed by atoms with van der Waals surface area (Å²) in [5, 5.41) is 10.1. The average molecular weight is 344 g/mol. The second-order valence-electron chi connectivity index (χ2n) is 6.87. The number of halogens is 1. The molecule has 2 N–H and O–H groups in total. The van der Waals surface area contributed by atoms with Crippen molar-refractivity contribution in [1.29, 1.82) is 0 Å². The zero-order valence-corrected chi connectivity index (χ0v) is 15.0. The molecule has 6 heteroatoms. The third kappa shape index (κ3) is 4.00. The van der Waals surface area contributed by atoms with Crippen molar-refractivity contribution in [3.05, 3.63) is 46.5 Å². The Balaban J connectivity index is 1.54. The van der Waals surface area contributed by atoms with Crippen LogP contribution in [-0.4, -0.2) is 35.2 Å². The number of benzene rings is 1. The lowest BCUT2D eigenvalue weighted by Gasteiger charge is -2.34. The molecule has 2 aromatic rings. The maximum absolute atomic E-state index is 14.0. The van der Waals surface area contributed by atoms with E-state index < -0.39 is 0 Å². The summed E-state index contributed by atoms with van der Waals surface area (Å²) >= 11 is 0. The van der Waals surface area contributed by atoms with Crippen LogP contribution in [0.1, 0.15) is 35.4 Å². The van der Waals surface area contributed by atoms with Crippen LogP contribution in [0.25, 0.3) is 0 Å². The molecule has 1 aromatic heterocycles. The maximum Gasteiger partial charge on any atom is 0.224 e. The molecule has 0 radical (unpaired) electrons. The molecule has 1 aromatic carbocycles. The Morgan fingerprint density at radius 2 is 2.04 bits per heavy atom. The molecule has 3 rings (SSSR count). The van der Waals surface area contributed by atoms with Crippen molar-refractivity contribution in [2.45, 2.75) is 46.1 Å². The van der Waals surface area contributed by atoms with Gasteiger partial charge in [0, 0.05) is 30.4 Å². The fourth-order valence-electron chi connectivity index (χ4n) is 3.40. The summed E-state index contributed by atoms with van der Waals surface area (Å²) in [5.74, 6) is -0.160. The summed E-state index contributed by atoms with van der Waals surface area (Å²) < 4.78 is 14.0. The number of aromatic amines is 1. The number of amides is 1. The summed E-state index contributed by atoms with van der Waals surface area (Å²) in [6.45, 7) is 7.29. The molecule has 1 amide bonds. The molecular formula is C19H25FN4O. The lowest BCUT2D eigenvalue weighted by atomic mass is 10.0. The highest BCUT2D eigenvalue weighted by molar-refractivity contribution is 5.79. The van der Waals surface area contributed by atoms with E-state index in [-0.39, 0.29) is 17.8 Å². The van der Waals surface area contributed by atoms with E-state index in [0.717, 1.165) is 48.4 Å². The first-order valence-electron chi connectivity index (χ1n) is 8.75. The van der Waals surface area contributed by atoms with E-state index in [1.54, 1.807) is 6.07 Å². The molecule has 5 nitrogen and oxygen atoms in total. The van der Waals surface area contributed by atoms with Crippen molar-refractivity contribution in [2.24, 2.45) is 0 Å². The fraction of sp³-hybridized carbons (Fsp3) is 0.474. The molecule has 0 spiro atoms. The van der Waals surface area contributed by atoms with Gasteiger partial charge in [0.15, 0.2) is 0 Å². The van der Waals surface area contributed by atoms with Gasteiger partial charge in [-0.15, -0.1) is 0 Å². The van der Waals surface area contributed by atoms with Crippen LogP contribution in [0.2, 0.25) is 0 Å². The molecule has 25 heavy (non-hydrogen) atoms. The number of aryl methyl sites for hydroxylation is 3. The number of carbonyl (C=O) groups is 1. The molecule has 0 atom stereocenters. The molecular weight excluding hydrogens is 319 g/mol. The van der Waals surface area contributed by atoms with Gasteiger partial charge < -0.3 is 10.2 Å². The minimum absolute atomic E-state index is 0.0211. The van der Waals surface area contributed by atoms with Gasteiger partial charge in [-0.2, -0.15) is 5.10 Å². The third-order valence-electron chi connectivity index (χ3n) is 4.92. The van der Waals surface area contributed by atoms with Gasteiger partial charge in [-0.3, -0.25) is 9.89 Å². The summed E-state index contributed by atoms with van der Waals surface area (Å²) in [7, 11) is 0. The van der Waals surface area contributed by atoms with Gasteiger partial charge in [-0.25, -0.2) is 4.39 Å². The number of carbonyl (C=O) groups excluding carboxylic acids is 1. The van der Waals surface area contributed by atoms with Crippen LogP contribution in [0.5, 0.6) is 0 Å². The largest absolute Gasteiger partial charge is 0.369 e. The predicted molar refractivity (Wildman–Crippen MR) is 96.3 cm³/mol. The number of nitrogens with zero attached hydrogens (tertiary/aromatic N) is 2. The molecule has 134 valence electrons. The van der Waals surface area contributed by atoms with Gasteiger partial charge in [0.1, 0.15) is 5.82 Å². The van der Waals surface area contributed by atoms with Gasteiger partial charge in [-0.05, 0) is 51.3 Å². The number of hydrogen-bond acceptors (Lipinski definition) is 3. The number of rotatable bonds is 4. The topological polar surface area (TPSA) is 61.0 Å². The van der Waals surface area contributed by atoms with E-state index in [1.807, 2.05) is 26.8 Å². The smallest absolute Gasteiger partial charge is 0.224 e. The van der Waals surface area contributed by atoms with E-state index in [9.17, 15) is 9.18 Å². The van der Waals surface area contributed by atoms with Crippen molar-refractivity contribution in [3.63, 3.8) is 0 Å². The van der Waals surface area contributed by atoms with Gasteiger partial charge in [-0.1, -0.05) is 6.07 Å². The van der Waals surface area contributed by atoms with Crippen molar-refractivity contribution in [2.75, 3.05) is 18.0 Å². The lowest BCUT2D eigenvalue weighted by molar-refractivity contribution is -0.121. The summed E-state index contributed by atoms with van der Waals surface area (Å²) in [5.41, 5.74) is 4.50. The first-order valence-corrected chi connectivity index (χ1v) is 8.75. The molecule has 2 heterocycles. The van der Waals surface area contributed by atoms with Crippen molar-refractivity contribution >= 4 is 11.6 Å². The van der Waals surface area contributed by atoms with E-state index >= 15 is 0 Å². The Bertz CT molecular complexity index is 743. The van der Waals surface area contributed by atoms with Crippen LogP contribution in [0, 0.1) is 26.6 Å². The molecule has 0 aliphatic carbocycles. The highest BCUT2D eigenvalue weighted by Gasteiger charge is 2.23. The van der Waals surface area contributed by atoms with Crippen LogP contribution in [0.15, 0.2) is 18.2 Å².